The van der Waals surface area contributed by atoms with Gasteiger partial charge in [-0.25, -0.2) is 4.39 Å². The fourth-order valence-corrected chi connectivity index (χ4v) is 3.93. The molecule has 0 spiro atoms. The molecule has 0 radical (unpaired) electrons. The lowest BCUT2D eigenvalue weighted by Crippen LogP contribution is -2.37. The van der Waals surface area contributed by atoms with E-state index in [0.29, 0.717) is 33.5 Å². The highest BCUT2D eigenvalue weighted by Crippen LogP contribution is 2.22. The fraction of sp³-hybridized carbons (Fsp3) is 0.172. The molecule has 0 aliphatic heterocycles. The molecular weight excluding hydrogens is 487 g/mol. The smallest absolute Gasteiger partial charge is 0.275 e. The second-order valence-electron chi connectivity index (χ2n) is 8.80. The summed E-state index contributed by atoms with van der Waals surface area (Å²) >= 11 is 0. The van der Waals surface area contributed by atoms with Gasteiger partial charge in [-0.15, -0.1) is 0 Å². The third kappa shape index (κ3) is 5.91. The zero-order valence-electron chi connectivity index (χ0n) is 20.9. The number of ketones is 1. The van der Waals surface area contributed by atoms with Crippen molar-refractivity contribution < 1.29 is 19.1 Å². The SMILES string of the molecule is CN[C@H](C)C(=O)Nc1ccc(-c2cccc(CO)c2)n(Cc2cncc(C(=O)c3ccc(F)cc3)c2)c1=O. The van der Waals surface area contributed by atoms with E-state index in [1.54, 1.807) is 56.6 Å². The van der Waals surface area contributed by atoms with Crippen molar-refractivity contribution in [1.82, 2.24) is 14.9 Å². The van der Waals surface area contributed by atoms with E-state index in [1.807, 2.05) is 6.07 Å². The third-order valence-corrected chi connectivity index (χ3v) is 6.17. The molecular formula is C29H27FN4O4. The van der Waals surface area contributed by atoms with Crippen molar-refractivity contribution in [3.63, 3.8) is 0 Å². The van der Waals surface area contributed by atoms with E-state index in [-0.39, 0.29) is 30.5 Å². The van der Waals surface area contributed by atoms with Crippen molar-refractivity contribution in [1.29, 1.82) is 0 Å². The van der Waals surface area contributed by atoms with Crippen molar-refractivity contribution in [2.24, 2.45) is 0 Å². The molecule has 2 aromatic heterocycles. The lowest BCUT2D eigenvalue weighted by atomic mass is 10.0. The van der Waals surface area contributed by atoms with Gasteiger partial charge in [-0.1, -0.05) is 18.2 Å². The lowest BCUT2D eigenvalue weighted by Gasteiger charge is -2.17. The van der Waals surface area contributed by atoms with Crippen molar-refractivity contribution in [2.75, 3.05) is 12.4 Å². The van der Waals surface area contributed by atoms with Gasteiger partial charge < -0.3 is 20.3 Å². The second-order valence-corrected chi connectivity index (χ2v) is 8.80. The van der Waals surface area contributed by atoms with E-state index < -0.39 is 17.4 Å². The Labute approximate surface area is 218 Å². The number of rotatable bonds is 9. The molecule has 0 saturated carbocycles. The highest BCUT2D eigenvalue weighted by atomic mass is 19.1. The van der Waals surface area contributed by atoms with Gasteiger partial charge in [0.1, 0.15) is 11.5 Å². The number of hydrogen-bond acceptors (Lipinski definition) is 6. The van der Waals surface area contributed by atoms with Crippen LogP contribution in [0.2, 0.25) is 0 Å². The van der Waals surface area contributed by atoms with Gasteiger partial charge in [-0.05, 0) is 79.2 Å². The number of aliphatic hydroxyl groups is 1. The monoisotopic (exact) mass is 514 g/mol. The van der Waals surface area contributed by atoms with Crippen LogP contribution in [0.4, 0.5) is 10.1 Å². The molecule has 4 rings (SSSR count). The van der Waals surface area contributed by atoms with Gasteiger partial charge in [0, 0.05) is 23.5 Å². The average Bonchev–Trinajstić information content (AvgIpc) is 2.94. The van der Waals surface area contributed by atoms with Crippen LogP contribution in [0, 0.1) is 5.82 Å². The van der Waals surface area contributed by atoms with Gasteiger partial charge in [-0.3, -0.25) is 19.4 Å². The minimum absolute atomic E-state index is 0.0559. The van der Waals surface area contributed by atoms with E-state index >= 15 is 0 Å². The number of hydrogen-bond donors (Lipinski definition) is 3. The summed E-state index contributed by atoms with van der Waals surface area (Å²) in [5, 5.41) is 15.1. The van der Waals surface area contributed by atoms with Crippen LogP contribution in [0.3, 0.4) is 0 Å². The summed E-state index contributed by atoms with van der Waals surface area (Å²) in [6, 6.07) is 16.8. The first-order valence-corrected chi connectivity index (χ1v) is 12.0. The molecule has 4 aromatic rings. The van der Waals surface area contributed by atoms with Crippen LogP contribution in [0.1, 0.15) is 34.0 Å². The van der Waals surface area contributed by atoms with Gasteiger partial charge in [0.2, 0.25) is 5.91 Å². The zero-order valence-corrected chi connectivity index (χ0v) is 20.9. The second kappa shape index (κ2) is 11.7. The zero-order chi connectivity index (χ0) is 27.2. The molecule has 0 aliphatic carbocycles. The Bertz CT molecular complexity index is 1530. The van der Waals surface area contributed by atoms with Crippen molar-refractivity contribution in [3.05, 3.63) is 118 Å². The number of benzene rings is 2. The molecule has 0 unspecified atom stereocenters. The largest absolute Gasteiger partial charge is 0.392 e. The maximum Gasteiger partial charge on any atom is 0.275 e. The lowest BCUT2D eigenvalue weighted by molar-refractivity contribution is -0.117. The molecule has 9 heteroatoms. The highest BCUT2D eigenvalue weighted by Gasteiger charge is 2.17. The number of aliphatic hydroxyl groups excluding tert-OH is 1. The van der Waals surface area contributed by atoms with Crippen LogP contribution in [0.5, 0.6) is 0 Å². The summed E-state index contributed by atoms with van der Waals surface area (Å²) in [6.07, 6.45) is 2.97. The van der Waals surface area contributed by atoms with Crippen LogP contribution >= 0.6 is 0 Å². The first-order chi connectivity index (χ1) is 18.3. The maximum atomic E-state index is 13.6. The number of likely N-dealkylation sites (N-methyl/N-ethyl adjacent to an activating group) is 1. The summed E-state index contributed by atoms with van der Waals surface area (Å²) in [6.45, 7) is 1.57. The Kier molecular flexibility index (Phi) is 8.20. The molecule has 2 heterocycles. The molecule has 1 atom stereocenters. The number of carbonyl (C=O) groups excluding carboxylic acids is 2. The van der Waals surface area contributed by atoms with Gasteiger partial charge in [0.05, 0.1) is 24.9 Å². The number of nitrogens with zero attached hydrogens (tertiary/aromatic N) is 2. The molecule has 194 valence electrons. The summed E-state index contributed by atoms with van der Waals surface area (Å²) in [5.74, 6) is -1.13. The maximum absolute atomic E-state index is 13.6. The number of amides is 1. The first kappa shape index (κ1) is 26.6. The molecule has 0 saturated heterocycles. The van der Waals surface area contributed by atoms with Crippen LogP contribution in [-0.4, -0.2) is 39.4 Å². The van der Waals surface area contributed by atoms with Crippen LogP contribution in [-0.2, 0) is 17.9 Å². The Hall–Kier alpha value is -4.47. The van der Waals surface area contributed by atoms with Gasteiger partial charge >= 0.3 is 0 Å². The normalized spacial score (nSPS) is 11.7. The van der Waals surface area contributed by atoms with E-state index in [2.05, 4.69) is 15.6 Å². The minimum Gasteiger partial charge on any atom is -0.392 e. The summed E-state index contributed by atoms with van der Waals surface area (Å²) in [5.41, 5.74) is 2.77. The van der Waals surface area contributed by atoms with E-state index in [1.165, 1.54) is 35.0 Å². The van der Waals surface area contributed by atoms with Crippen LogP contribution in [0.25, 0.3) is 11.3 Å². The standard InChI is InChI=1S/C29H27FN4O4/c1-18(31-2)28(37)33-25-10-11-26(22-5-3-4-19(12-22)17-35)34(29(25)38)16-20-13-23(15-32-14-20)27(36)21-6-8-24(30)9-7-21/h3-15,18,31,35H,16-17H2,1-2H3,(H,33,37)/t18-/m1/s1. The first-order valence-electron chi connectivity index (χ1n) is 12.0. The van der Waals surface area contributed by atoms with Crippen LogP contribution < -0.4 is 16.2 Å². The average molecular weight is 515 g/mol. The van der Waals surface area contributed by atoms with Crippen LogP contribution in [0.15, 0.2) is 83.9 Å². The molecule has 0 bridgehead atoms. The van der Waals surface area contributed by atoms with Gasteiger partial charge in [0.15, 0.2) is 5.78 Å². The van der Waals surface area contributed by atoms with E-state index in [9.17, 15) is 23.9 Å². The Morgan fingerprint density at radius 1 is 1.00 bits per heavy atom. The van der Waals surface area contributed by atoms with Gasteiger partial charge in [0.25, 0.3) is 5.56 Å². The highest BCUT2D eigenvalue weighted by molar-refractivity contribution is 6.08. The molecule has 8 nitrogen and oxygen atoms in total. The van der Waals surface area contributed by atoms with E-state index in [4.69, 9.17) is 0 Å². The van der Waals surface area contributed by atoms with Crippen molar-refractivity contribution >= 4 is 17.4 Å². The molecule has 0 fully saturated rings. The summed E-state index contributed by atoms with van der Waals surface area (Å²) in [7, 11) is 1.65. The van der Waals surface area contributed by atoms with E-state index in [0.717, 1.165) is 0 Å². The quantitative estimate of drug-likeness (QED) is 0.295. The Balaban J connectivity index is 1.76. The molecule has 38 heavy (non-hydrogen) atoms. The Morgan fingerprint density at radius 3 is 2.47 bits per heavy atom. The number of carbonyl (C=O) groups is 2. The topological polar surface area (TPSA) is 113 Å². The fourth-order valence-electron chi connectivity index (χ4n) is 3.93. The summed E-state index contributed by atoms with van der Waals surface area (Å²) in [4.78, 5) is 43.2. The summed E-state index contributed by atoms with van der Waals surface area (Å²) < 4.78 is 14.8. The molecule has 3 N–H and O–H groups in total. The molecule has 1 amide bonds. The molecule has 0 aliphatic rings. The number of nitrogens with one attached hydrogen (secondary N) is 2. The number of aromatic nitrogens is 2. The number of halogens is 1. The third-order valence-electron chi connectivity index (χ3n) is 6.17. The molecule has 2 aromatic carbocycles. The number of pyridine rings is 2. The minimum atomic E-state index is -0.512. The van der Waals surface area contributed by atoms with Crippen molar-refractivity contribution in [3.8, 4) is 11.3 Å². The van der Waals surface area contributed by atoms with Gasteiger partial charge in [-0.2, -0.15) is 0 Å². The number of anilines is 1. The van der Waals surface area contributed by atoms with Crippen molar-refractivity contribution in [2.45, 2.75) is 26.1 Å². The predicted octanol–water partition coefficient (Wildman–Crippen LogP) is 3.37. The predicted molar refractivity (Wildman–Crippen MR) is 142 cm³/mol. The Morgan fingerprint density at radius 2 is 1.76 bits per heavy atom.